The molecule has 9 heteroatoms. The van der Waals surface area contributed by atoms with E-state index >= 15 is 0 Å². The van der Waals surface area contributed by atoms with Gasteiger partial charge in [-0.25, -0.2) is 0 Å². The van der Waals surface area contributed by atoms with Gasteiger partial charge in [0.25, 0.3) is 0 Å². The molecule has 0 saturated heterocycles. The lowest BCUT2D eigenvalue weighted by Crippen LogP contribution is -2.07. The number of hydrogen-bond acceptors (Lipinski definition) is 5. The molecule has 154 valence electrons. The minimum atomic E-state index is -4.57. The number of aryl methyl sites for hydroxylation is 1. The first-order chi connectivity index (χ1) is 14.1. The minimum Gasteiger partial charge on any atom is -0.264 e. The zero-order valence-corrected chi connectivity index (χ0v) is 17.1. The third-order valence-corrected chi connectivity index (χ3v) is 6.19. The Morgan fingerprint density at radius 3 is 2.37 bits per heavy atom. The van der Waals surface area contributed by atoms with E-state index < -0.39 is 26.8 Å². The normalized spacial score (nSPS) is 17.1. The van der Waals surface area contributed by atoms with Crippen molar-refractivity contribution < 1.29 is 25.9 Å². The first kappa shape index (κ1) is 21.7. The molecule has 0 fully saturated rings. The van der Waals surface area contributed by atoms with Crippen LogP contribution in [0.5, 0.6) is 0 Å². The highest BCUT2D eigenvalue weighted by Gasteiger charge is 2.31. The average molecular weight is 449 g/mol. The maximum Gasteiger partial charge on any atom is 0.416 e. The number of allylic oxidation sites excluding steroid dienone is 2. The van der Waals surface area contributed by atoms with E-state index in [2.05, 4.69) is 15.4 Å². The SMILES string of the molecule is C#C/C(=C1/C=CC(=NOS(=O)(=O)c2ccc(C(F)(F)F)cc2)S1)c1ccccc1C. The minimum absolute atomic E-state index is 0.238. The fraction of sp³-hybridized carbons (Fsp3) is 0.0952. The van der Waals surface area contributed by atoms with Crippen molar-refractivity contribution in [2.75, 3.05) is 0 Å². The molecule has 0 aliphatic carbocycles. The molecule has 2 aromatic carbocycles. The van der Waals surface area contributed by atoms with Gasteiger partial charge in [0.05, 0.1) is 5.56 Å². The van der Waals surface area contributed by atoms with Gasteiger partial charge < -0.3 is 0 Å². The van der Waals surface area contributed by atoms with E-state index in [0.29, 0.717) is 22.6 Å². The molecular weight excluding hydrogens is 435 g/mol. The van der Waals surface area contributed by atoms with Gasteiger partial charge in [-0.15, -0.1) is 6.42 Å². The van der Waals surface area contributed by atoms with Crippen molar-refractivity contribution in [3.8, 4) is 12.3 Å². The van der Waals surface area contributed by atoms with Crippen LogP contribution in [0.4, 0.5) is 13.2 Å². The molecule has 0 saturated carbocycles. The summed E-state index contributed by atoms with van der Waals surface area (Å²) in [6.45, 7) is 1.92. The number of rotatable bonds is 4. The van der Waals surface area contributed by atoms with Gasteiger partial charge in [-0.1, -0.05) is 47.1 Å². The molecule has 0 bridgehead atoms. The molecule has 30 heavy (non-hydrogen) atoms. The maximum absolute atomic E-state index is 12.6. The lowest BCUT2D eigenvalue weighted by molar-refractivity contribution is -0.137. The Labute approximate surface area is 176 Å². The fourth-order valence-electron chi connectivity index (χ4n) is 2.59. The van der Waals surface area contributed by atoms with E-state index in [-0.39, 0.29) is 5.04 Å². The third-order valence-electron chi connectivity index (χ3n) is 4.09. The molecule has 1 aliphatic heterocycles. The van der Waals surface area contributed by atoms with E-state index in [1.807, 2.05) is 31.2 Å². The summed E-state index contributed by atoms with van der Waals surface area (Å²) in [4.78, 5) is 0.257. The number of hydrogen-bond donors (Lipinski definition) is 0. The molecule has 3 rings (SSSR count). The summed E-state index contributed by atoms with van der Waals surface area (Å²) in [6, 6.07) is 10.5. The quantitative estimate of drug-likeness (QED) is 0.465. The van der Waals surface area contributed by atoms with Crippen LogP contribution >= 0.6 is 11.8 Å². The highest BCUT2D eigenvalue weighted by molar-refractivity contribution is 8.18. The third kappa shape index (κ3) is 4.78. The van der Waals surface area contributed by atoms with Crippen LogP contribution in [0.25, 0.3) is 5.57 Å². The highest BCUT2D eigenvalue weighted by atomic mass is 32.2. The van der Waals surface area contributed by atoms with Crippen molar-refractivity contribution in [3.05, 3.63) is 82.3 Å². The smallest absolute Gasteiger partial charge is 0.264 e. The second-order valence-electron chi connectivity index (χ2n) is 6.11. The van der Waals surface area contributed by atoms with Crippen molar-refractivity contribution in [3.63, 3.8) is 0 Å². The largest absolute Gasteiger partial charge is 0.416 e. The number of thioether (sulfide) groups is 1. The van der Waals surface area contributed by atoms with Gasteiger partial charge in [0.15, 0.2) is 0 Å². The molecular formula is C21H14F3NO3S2. The Morgan fingerprint density at radius 2 is 1.77 bits per heavy atom. The molecule has 0 amide bonds. The Hall–Kier alpha value is -2.96. The van der Waals surface area contributed by atoms with Crippen LogP contribution < -0.4 is 0 Å². The van der Waals surface area contributed by atoms with Gasteiger partial charge in [-0.2, -0.15) is 21.6 Å². The van der Waals surface area contributed by atoms with E-state index in [9.17, 15) is 21.6 Å². The van der Waals surface area contributed by atoms with E-state index in [4.69, 9.17) is 6.42 Å². The van der Waals surface area contributed by atoms with Crippen LogP contribution in [0.2, 0.25) is 0 Å². The summed E-state index contributed by atoms with van der Waals surface area (Å²) in [7, 11) is -4.37. The van der Waals surface area contributed by atoms with Gasteiger partial charge in [-0.3, -0.25) is 4.28 Å². The predicted octanol–water partition coefficient (Wildman–Crippen LogP) is 5.38. The van der Waals surface area contributed by atoms with Crippen LogP contribution in [0.3, 0.4) is 0 Å². The van der Waals surface area contributed by atoms with Gasteiger partial charge in [-0.05, 0) is 54.5 Å². The summed E-state index contributed by atoms with van der Waals surface area (Å²) < 4.78 is 66.9. The van der Waals surface area contributed by atoms with Crippen LogP contribution in [0.15, 0.2) is 75.6 Å². The standard InChI is InChI=1S/C21H14F3NO3S2/c1-3-17(18-7-5-4-6-14(18)2)19-12-13-20(29-19)25-28-30(26,27)16-10-8-15(9-11-16)21(22,23)24/h1,4-13H,2H3/b19-17+,25-20?. The lowest BCUT2D eigenvalue weighted by Gasteiger charge is -2.08. The Balaban J connectivity index is 1.79. The summed E-state index contributed by atoms with van der Waals surface area (Å²) in [5, 5.41) is 3.84. The monoisotopic (exact) mass is 449 g/mol. The van der Waals surface area contributed by atoms with Crippen molar-refractivity contribution >= 4 is 32.5 Å². The van der Waals surface area contributed by atoms with Crippen molar-refractivity contribution in [2.45, 2.75) is 18.0 Å². The molecule has 0 unspecified atom stereocenters. The summed E-state index contributed by atoms with van der Waals surface area (Å²) in [6.07, 6.45) is 4.33. The lowest BCUT2D eigenvalue weighted by atomic mass is 10.0. The summed E-state index contributed by atoms with van der Waals surface area (Å²) in [5.74, 6) is 2.64. The number of nitrogens with zero attached hydrogens (tertiary/aromatic N) is 1. The molecule has 2 aromatic rings. The van der Waals surface area contributed by atoms with E-state index in [0.717, 1.165) is 35.0 Å². The average Bonchev–Trinajstić information content (AvgIpc) is 3.17. The number of halogens is 3. The Bertz CT molecular complexity index is 1200. The summed E-state index contributed by atoms with van der Waals surface area (Å²) >= 11 is 1.13. The van der Waals surface area contributed by atoms with Gasteiger partial charge in [0.1, 0.15) is 9.94 Å². The van der Waals surface area contributed by atoms with Gasteiger partial charge in [0.2, 0.25) is 0 Å². The zero-order chi connectivity index (χ0) is 21.9. The van der Waals surface area contributed by atoms with Crippen LogP contribution in [0.1, 0.15) is 16.7 Å². The second kappa shape index (κ2) is 8.42. The molecule has 1 aliphatic rings. The number of oxime groups is 1. The summed E-state index contributed by atoms with van der Waals surface area (Å²) in [5.41, 5.74) is 1.52. The molecule has 0 spiro atoms. The van der Waals surface area contributed by atoms with Crippen molar-refractivity contribution in [1.82, 2.24) is 0 Å². The Morgan fingerprint density at radius 1 is 1.10 bits per heavy atom. The van der Waals surface area contributed by atoms with E-state index in [1.165, 1.54) is 6.08 Å². The topological polar surface area (TPSA) is 55.7 Å². The molecule has 1 heterocycles. The zero-order valence-electron chi connectivity index (χ0n) is 15.5. The molecule has 0 aromatic heterocycles. The second-order valence-corrected chi connectivity index (χ2v) is 8.71. The predicted molar refractivity (Wildman–Crippen MR) is 111 cm³/mol. The number of alkyl halides is 3. The fourth-order valence-corrected chi connectivity index (χ4v) is 4.21. The number of benzene rings is 2. The van der Waals surface area contributed by atoms with Crippen LogP contribution in [0, 0.1) is 19.3 Å². The molecule has 0 radical (unpaired) electrons. The molecule has 4 nitrogen and oxygen atoms in total. The maximum atomic E-state index is 12.6. The highest BCUT2D eigenvalue weighted by Crippen LogP contribution is 2.35. The number of terminal acetylenes is 1. The van der Waals surface area contributed by atoms with Crippen molar-refractivity contribution in [2.24, 2.45) is 5.16 Å². The molecule has 0 atom stereocenters. The molecule has 0 N–H and O–H groups in total. The van der Waals surface area contributed by atoms with Gasteiger partial charge in [0, 0.05) is 10.5 Å². The van der Waals surface area contributed by atoms with Crippen LogP contribution in [-0.4, -0.2) is 13.5 Å². The Kier molecular flexibility index (Phi) is 6.10. The van der Waals surface area contributed by atoms with Gasteiger partial charge >= 0.3 is 16.3 Å². The van der Waals surface area contributed by atoms with Crippen molar-refractivity contribution in [1.29, 1.82) is 0 Å². The first-order valence-corrected chi connectivity index (χ1v) is 10.7. The van der Waals surface area contributed by atoms with E-state index in [1.54, 1.807) is 6.08 Å². The first-order valence-electron chi connectivity index (χ1n) is 8.43. The van der Waals surface area contributed by atoms with Crippen LogP contribution in [-0.2, 0) is 20.6 Å².